The quantitative estimate of drug-likeness (QED) is 0.669. The molecule has 2 aromatic carbocycles. The van der Waals surface area contributed by atoms with Crippen LogP contribution in [0.15, 0.2) is 59.1 Å². The van der Waals surface area contributed by atoms with E-state index in [0.29, 0.717) is 23.3 Å². The van der Waals surface area contributed by atoms with Crippen molar-refractivity contribution in [3.05, 3.63) is 64.8 Å². The normalized spacial score (nSPS) is 14.2. The number of hydrogen-bond acceptors (Lipinski definition) is 4. The highest BCUT2D eigenvalue weighted by atomic mass is 79.9. The molecule has 1 saturated heterocycles. The minimum atomic E-state index is -0.0315. The smallest absolute Gasteiger partial charge is 0.273 e. The minimum Gasteiger partial charge on any atom is -0.497 e. The highest BCUT2D eigenvalue weighted by Crippen LogP contribution is 2.29. The summed E-state index contributed by atoms with van der Waals surface area (Å²) in [4.78, 5) is 17.1. The number of H-pyrrole nitrogens is 1. The molecule has 1 fully saturated rings. The molecule has 1 aliphatic rings. The topological polar surface area (TPSA) is 61.5 Å². The molecule has 0 aliphatic carbocycles. The minimum absolute atomic E-state index is 0.0315. The highest BCUT2D eigenvalue weighted by Gasteiger charge is 2.26. The number of methoxy groups -OCH3 is 1. The fourth-order valence-corrected chi connectivity index (χ4v) is 3.95. The first-order valence-corrected chi connectivity index (χ1v) is 9.94. The van der Waals surface area contributed by atoms with Crippen LogP contribution in [0.5, 0.6) is 5.75 Å². The summed E-state index contributed by atoms with van der Waals surface area (Å²) in [6, 6.07) is 17.8. The van der Waals surface area contributed by atoms with Gasteiger partial charge in [0.15, 0.2) is 0 Å². The molecule has 2 heterocycles. The lowest BCUT2D eigenvalue weighted by molar-refractivity contribution is 0.0740. The fraction of sp³-hybridized carbons (Fsp3) is 0.238. The number of nitrogens with one attached hydrogen (secondary N) is 1. The van der Waals surface area contributed by atoms with Crippen LogP contribution in [0.1, 0.15) is 10.5 Å². The van der Waals surface area contributed by atoms with E-state index in [2.05, 4.69) is 31.0 Å². The van der Waals surface area contributed by atoms with Crippen molar-refractivity contribution >= 4 is 27.5 Å². The van der Waals surface area contributed by atoms with Gasteiger partial charge in [-0.2, -0.15) is 5.10 Å². The van der Waals surface area contributed by atoms with Crippen molar-refractivity contribution in [1.29, 1.82) is 0 Å². The van der Waals surface area contributed by atoms with Crippen molar-refractivity contribution < 1.29 is 9.53 Å². The molecule has 0 atom stereocenters. The van der Waals surface area contributed by atoms with E-state index < -0.39 is 0 Å². The zero-order valence-electron chi connectivity index (χ0n) is 15.6. The number of anilines is 1. The van der Waals surface area contributed by atoms with Gasteiger partial charge in [-0.25, -0.2) is 0 Å². The van der Waals surface area contributed by atoms with E-state index in [4.69, 9.17) is 4.74 Å². The summed E-state index contributed by atoms with van der Waals surface area (Å²) in [6.07, 6.45) is 0. The number of carbonyl (C=O) groups excluding carboxylic acids is 1. The number of benzene rings is 2. The van der Waals surface area contributed by atoms with E-state index in [1.807, 2.05) is 59.5 Å². The first-order chi connectivity index (χ1) is 13.7. The van der Waals surface area contributed by atoms with Crippen LogP contribution >= 0.6 is 15.9 Å². The van der Waals surface area contributed by atoms with Crippen molar-refractivity contribution in [1.82, 2.24) is 15.1 Å². The monoisotopic (exact) mass is 440 g/mol. The summed E-state index contributed by atoms with van der Waals surface area (Å²) in [5.41, 5.74) is 3.36. The number of carbonyl (C=O) groups is 1. The molecular formula is C21H21BrN4O2. The molecular weight excluding hydrogens is 420 g/mol. The van der Waals surface area contributed by atoms with Crippen molar-refractivity contribution in [3.8, 4) is 17.0 Å². The van der Waals surface area contributed by atoms with Crippen LogP contribution in [0, 0.1) is 0 Å². The van der Waals surface area contributed by atoms with Gasteiger partial charge in [-0.1, -0.05) is 30.3 Å². The second-order valence-corrected chi connectivity index (χ2v) is 7.40. The molecule has 0 radical (unpaired) electrons. The molecule has 0 unspecified atom stereocenters. The van der Waals surface area contributed by atoms with Gasteiger partial charge in [-0.05, 0) is 40.2 Å². The Hall–Kier alpha value is -2.80. The molecule has 6 nitrogen and oxygen atoms in total. The van der Waals surface area contributed by atoms with Crippen LogP contribution < -0.4 is 9.64 Å². The number of aromatic amines is 1. The van der Waals surface area contributed by atoms with E-state index in [9.17, 15) is 4.79 Å². The number of rotatable bonds is 4. The van der Waals surface area contributed by atoms with Gasteiger partial charge in [0, 0.05) is 37.4 Å². The van der Waals surface area contributed by atoms with Gasteiger partial charge in [0.25, 0.3) is 5.91 Å². The number of ether oxygens (including phenoxy) is 1. The highest BCUT2D eigenvalue weighted by molar-refractivity contribution is 9.10. The number of piperazine rings is 1. The lowest BCUT2D eigenvalue weighted by Crippen LogP contribution is -2.49. The molecule has 1 aliphatic heterocycles. The lowest BCUT2D eigenvalue weighted by atomic mass is 10.1. The van der Waals surface area contributed by atoms with E-state index in [-0.39, 0.29) is 5.91 Å². The van der Waals surface area contributed by atoms with Crippen molar-refractivity contribution in [2.75, 3.05) is 38.2 Å². The van der Waals surface area contributed by atoms with E-state index in [1.165, 1.54) is 0 Å². The summed E-state index contributed by atoms with van der Waals surface area (Å²) in [5.74, 6) is 0.812. The number of nitrogens with zero attached hydrogens (tertiary/aromatic N) is 3. The van der Waals surface area contributed by atoms with Gasteiger partial charge in [0.05, 0.1) is 11.6 Å². The van der Waals surface area contributed by atoms with Gasteiger partial charge in [0.2, 0.25) is 0 Å². The number of aromatic nitrogens is 2. The zero-order valence-corrected chi connectivity index (χ0v) is 17.1. The average Bonchev–Trinajstić information content (AvgIpc) is 3.15. The second-order valence-electron chi connectivity index (χ2n) is 6.60. The molecule has 28 heavy (non-hydrogen) atoms. The summed E-state index contributed by atoms with van der Waals surface area (Å²) in [5, 5.41) is 7.25. The van der Waals surface area contributed by atoms with Crippen LogP contribution in [-0.2, 0) is 0 Å². The van der Waals surface area contributed by atoms with Gasteiger partial charge in [-0.3, -0.25) is 9.89 Å². The number of hydrogen-bond donors (Lipinski definition) is 1. The van der Waals surface area contributed by atoms with Crippen LogP contribution in [-0.4, -0.2) is 54.3 Å². The largest absolute Gasteiger partial charge is 0.497 e. The van der Waals surface area contributed by atoms with Gasteiger partial charge in [-0.15, -0.1) is 0 Å². The number of halogens is 1. The predicted octanol–water partition coefficient (Wildman–Crippen LogP) is 3.81. The van der Waals surface area contributed by atoms with Crippen molar-refractivity contribution in [3.63, 3.8) is 0 Å². The summed E-state index contributed by atoms with van der Waals surface area (Å²) >= 11 is 3.55. The van der Waals surface area contributed by atoms with Crippen LogP contribution in [0.2, 0.25) is 0 Å². The first kappa shape index (κ1) is 18.6. The Morgan fingerprint density at radius 3 is 2.36 bits per heavy atom. The first-order valence-electron chi connectivity index (χ1n) is 9.15. The molecule has 3 aromatic rings. The predicted molar refractivity (Wildman–Crippen MR) is 113 cm³/mol. The third-order valence-corrected chi connectivity index (χ3v) is 5.74. The molecule has 7 heteroatoms. The van der Waals surface area contributed by atoms with Crippen molar-refractivity contribution in [2.24, 2.45) is 0 Å². The second kappa shape index (κ2) is 8.06. The Morgan fingerprint density at radius 1 is 1.04 bits per heavy atom. The fourth-order valence-electron chi connectivity index (χ4n) is 3.38. The summed E-state index contributed by atoms with van der Waals surface area (Å²) in [6.45, 7) is 2.90. The Bertz CT molecular complexity index is 948. The third kappa shape index (κ3) is 3.62. The van der Waals surface area contributed by atoms with E-state index in [0.717, 1.165) is 35.8 Å². The molecule has 4 rings (SSSR count). The molecule has 1 aromatic heterocycles. The average molecular weight is 441 g/mol. The SMILES string of the molecule is COc1ccc(N2CCN(C(=O)c3[nH]nc(-c4ccccc4)c3Br)CC2)cc1. The maximum atomic E-state index is 13.0. The zero-order chi connectivity index (χ0) is 19.5. The Balaban J connectivity index is 1.43. The van der Waals surface area contributed by atoms with Crippen LogP contribution in [0.3, 0.4) is 0 Å². The maximum absolute atomic E-state index is 13.0. The molecule has 1 amide bonds. The maximum Gasteiger partial charge on any atom is 0.273 e. The van der Waals surface area contributed by atoms with Gasteiger partial charge < -0.3 is 14.5 Å². The van der Waals surface area contributed by atoms with Gasteiger partial charge >= 0.3 is 0 Å². The van der Waals surface area contributed by atoms with Gasteiger partial charge in [0.1, 0.15) is 17.1 Å². The molecule has 0 spiro atoms. The Morgan fingerprint density at radius 2 is 1.71 bits per heavy atom. The lowest BCUT2D eigenvalue weighted by Gasteiger charge is -2.36. The molecule has 0 saturated carbocycles. The molecule has 0 bridgehead atoms. The summed E-state index contributed by atoms with van der Waals surface area (Å²) < 4.78 is 5.92. The Kier molecular flexibility index (Phi) is 5.34. The van der Waals surface area contributed by atoms with Crippen LogP contribution in [0.4, 0.5) is 5.69 Å². The number of amides is 1. The third-order valence-electron chi connectivity index (χ3n) is 4.97. The Labute approximate surface area is 172 Å². The van der Waals surface area contributed by atoms with E-state index >= 15 is 0 Å². The molecule has 144 valence electrons. The molecule has 1 N–H and O–H groups in total. The standard InChI is InChI=1S/C21H21BrN4O2/c1-28-17-9-7-16(8-10-17)25-11-13-26(14-12-25)21(27)20-18(22)19(23-24-20)15-5-3-2-4-6-15/h2-10H,11-14H2,1H3,(H,23,24). The summed E-state index contributed by atoms with van der Waals surface area (Å²) in [7, 11) is 1.66. The van der Waals surface area contributed by atoms with E-state index in [1.54, 1.807) is 7.11 Å². The van der Waals surface area contributed by atoms with Crippen LogP contribution in [0.25, 0.3) is 11.3 Å². The van der Waals surface area contributed by atoms with Crippen molar-refractivity contribution in [2.45, 2.75) is 0 Å².